The van der Waals surface area contributed by atoms with Gasteiger partial charge in [-0.2, -0.15) is 4.37 Å². The number of aryl methyl sites for hydroxylation is 1. The Balaban J connectivity index is 1.61. The van der Waals surface area contributed by atoms with Gasteiger partial charge in [-0.25, -0.2) is 23.4 Å². The Hall–Kier alpha value is -3.54. The summed E-state index contributed by atoms with van der Waals surface area (Å²) in [6, 6.07) is 1.49. The zero-order chi connectivity index (χ0) is 24.0. The number of rotatable bonds is 10. The summed E-state index contributed by atoms with van der Waals surface area (Å²) in [5, 5.41) is 14.6. The molecule has 0 bridgehead atoms. The first-order valence-corrected chi connectivity index (χ1v) is 10.9. The molecule has 33 heavy (non-hydrogen) atoms. The Labute approximate surface area is 192 Å². The highest BCUT2D eigenvalue weighted by Gasteiger charge is 2.24. The summed E-state index contributed by atoms with van der Waals surface area (Å²) in [7, 11) is 0. The zero-order valence-electron chi connectivity index (χ0n) is 18.0. The lowest BCUT2D eigenvalue weighted by Crippen LogP contribution is -2.33. The molecular formula is C21H23F2N5O4S. The summed E-state index contributed by atoms with van der Waals surface area (Å²) in [6.07, 6.45) is 5.48. The molecule has 0 spiro atoms. The SMILES string of the molecule is CCc1cc(F)c(COc2nsc(NC(=O)NCC(C)Cn3ccnc3)c2C(=O)O)cc1F. The van der Waals surface area contributed by atoms with Gasteiger partial charge in [0.05, 0.1) is 6.33 Å². The predicted molar refractivity (Wildman–Crippen MR) is 118 cm³/mol. The number of carboxylic acids is 1. The fraction of sp³-hybridized carbons (Fsp3) is 0.333. The molecule has 12 heteroatoms. The minimum absolute atomic E-state index is 0.0368. The minimum atomic E-state index is -1.38. The molecule has 1 atom stereocenters. The quantitative estimate of drug-likeness (QED) is 0.406. The fourth-order valence-corrected chi connectivity index (χ4v) is 3.76. The molecule has 0 aliphatic carbocycles. The van der Waals surface area contributed by atoms with E-state index in [0.29, 0.717) is 31.0 Å². The number of aromatic carboxylic acids is 1. The molecule has 176 valence electrons. The highest BCUT2D eigenvalue weighted by molar-refractivity contribution is 7.11. The number of benzene rings is 1. The second-order valence-electron chi connectivity index (χ2n) is 7.37. The maximum Gasteiger partial charge on any atom is 0.344 e. The largest absolute Gasteiger partial charge is 0.477 e. The number of anilines is 1. The Bertz CT molecular complexity index is 1120. The molecule has 3 N–H and O–H groups in total. The van der Waals surface area contributed by atoms with Crippen LogP contribution in [-0.4, -0.2) is 37.6 Å². The normalized spacial score (nSPS) is 11.8. The van der Waals surface area contributed by atoms with E-state index in [0.717, 1.165) is 12.1 Å². The van der Waals surface area contributed by atoms with Gasteiger partial charge in [0.1, 0.15) is 23.2 Å². The molecule has 0 fully saturated rings. The van der Waals surface area contributed by atoms with Crippen LogP contribution in [0.25, 0.3) is 0 Å². The summed E-state index contributed by atoms with van der Waals surface area (Å²) in [4.78, 5) is 27.9. The van der Waals surface area contributed by atoms with Gasteiger partial charge in [-0.15, -0.1) is 0 Å². The lowest BCUT2D eigenvalue weighted by atomic mass is 10.1. The van der Waals surface area contributed by atoms with Gasteiger partial charge in [0.25, 0.3) is 0 Å². The van der Waals surface area contributed by atoms with Crippen LogP contribution in [0.5, 0.6) is 5.88 Å². The zero-order valence-corrected chi connectivity index (χ0v) is 18.8. The van der Waals surface area contributed by atoms with Gasteiger partial charge in [-0.1, -0.05) is 13.8 Å². The van der Waals surface area contributed by atoms with Gasteiger partial charge in [0.15, 0.2) is 5.56 Å². The number of hydrogen-bond acceptors (Lipinski definition) is 6. The van der Waals surface area contributed by atoms with Crippen molar-refractivity contribution in [1.82, 2.24) is 19.2 Å². The molecule has 0 radical (unpaired) electrons. The number of carbonyl (C=O) groups is 2. The average molecular weight is 480 g/mol. The molecule has 1 unspecified atom stereocenters. The van der Waals surface area contributed by atoms with Crippen LogP contribution in [-0.2, 0) is 19.6 Å². The lowest BCUT2D eigenvalue weighted by Gasteiger charge is -2.13. The van der Waals surface area contributed by atoms with Crippen LogP contribution in [0.1, 0.15) is 35.3 Å². The van der Waals surface area contributed by atoms with E-state index in [4.69, 9.17) is 4.74 Å². The predicted octanol–water partition coefficient (Wildman–Crippen LogP) is 3.92. The van der Waals surface area contributed by atoms with Gasteiger partial charge in [0.2, 0.25) is 5.88 Å². The molecule has 3 rings (SSSR count). The number of urea groups is 1. The number of carbonyl (C=O) groups excluding carboxylic acids is 1. The molecule has 1 aromatic carbocycles. The van der Waals surface area contributed by atoms with Crippen molar-refractivity contribution in [3.63, 3.8) is 0 Å². The van der Waals surface area contributed by atoms with Gasteiger partial charge in [-0.3, -0.25) is 5.32 Å². The summed E-state index contributed by atoms with van der Waals surface area (Å²) >= 11 is 0.711. The average Bonchev–Trinajstić information content (AvgIpc) is 3.42. The van der Waals surface area contributed by atoms with Crippen molar-refractivity contribution in [3.8, 4) is 5.88 Å². The van der Waals surface area contributed by atoms with Gasteiger partial charge in [-0.05, 0) is 41.6 Å². The number of halogens is 2. The fourth-order valence-electron chi connectivity index (χ4n) is 3.04. The van der Waals surface area contributed by atoms with E-state index in [1.165, 1.54) is 0 Å². The number of carboxylic acid groups (broad SMARTS) is 1. The Morgan fingerprint density at radius 3 is 2.67 bits per heavy atom. The van der Waals surface area contributed by atoms with Crippen LogP contribution in [0.4, 0.5) is 18.6 Å². The molecule has 3 aromatic rings. The maximum absolute atomic E-state index is 14.2. The minimum Gasteiger partial charge on any atom is -0.477 e. The number of imidazole rings is 1. The highest BCUT2D eigenvalue weighted by Crippen LogP contribution is 2.31. The molecule has 9 nitrogen and oxygen atoms in total. The van der Waals surface area contributed by atoms with E-state index in [9.17, 15) is 23.5 Å². The molecular weight excluding hydrogens is 456 g/mol. The first kappa shape index (κ1) is 24.1. The van der Waals surface area contributed by atoms with Crippen molar-refractivity contribution in [2.75, 3.05) is 11.9 Å². The number of aromatic nitrogens is 3. The molecule has 0 aliphatic rings. The molecule has 0 saturated carbocycles. The van der Waals surface area contributed by atoms with Crippen LogP contribution < -0.4 is 15.4 Å². The Morgan fingerprint density at radius 2 is 2.00 bits per heavy atom. The van der Waals surface area contributed by atoms with E-state index in [1.54, 1.807) is 19.4 Å². The summed E-state index contributed by atoms with van der Waals surface area (Å²) < 4.78 is 39.3. The number of ether oxygens (including phenoxy) is 1. The number of amides is 2. The van der Waals surface area contributed by atoms with Crippen molar-refractivity contribution in [1.29, 1.82) is 0 Å². The standard InChI is InChI=1S/C21H23F2N5O4S/c1-3-13-6-16(23)14(7-15(13)22)10-32-18-17(20(29)30)19(33-27-18)26-21(31)25-8-12(2)9-28-5-4-24-11-28/h4-7,11-12H,3,8-10H2,1-2H3,(H,29,30)(H2,25,26,31). The van der Waals surface area contributed by atoms with Crippen LogP contribution in [0.15, 0.2) is 30.9 Å². The van der Waals surface area contributed by atoms with Gasteiger partial charge in [0, 0.05) is 31.0 Å². The molecule has 2 amide bonds. The molecule has 2 aromatic heterocycles. The summed E-state index contributed by atoms with van der Waals surface area (Å²) in [5.41, 5.74) is -0.214. The van der Waals surface area contributed by atoms with Crippen molar-refractivity contribution >= 4 is 28.5 Å². The first-order valence-electron chi connectivity index (χ1n) is 10.1. The number of hydrogen-bond donors (Lipinski definition) is 3. The van der Waals surface area contributed by atoms with Crippen molar-refractivity contribution in [2.45, 2.75) is 33.4 Å². The summed E-state index contributed by atoms with van der Waals surface area (Å²) in [5.74, 6) is -2.82. The monoisotopic (exact) mass is 479 g/mol. The van der Waals surface area contributed by atoms with Crippen LogP contribution >= 0.6 is 11.5 Å². The van der Waals surface area contributed by atoms with Crippen LogP contribution in [0, 0.1) is 17.6 Å². The molecule has 0 saturated heterocycles. The molecule has 0 aliphatic heterocycles. The van der Waals surface area contributed by atoms with Crippen LogP contribution in [0.3, 0.4) is 0 Å². The topological polar surface area (TPSA) is 118 Å². The first-order chi connectivity index (χ1) is 15.8. The highest BCUT2D eigenvalue weighted by atomic mass is 32.1. The third kappa shape index (κ3) is 6.25. The number of nitrogens with one attached hydrogen (secondary N) is 2. The van der Waals surface area contributed by atoms with E-state index < -0.39 is 30.2 Å². The van der Waals surface area contributed by atoms with E-state index in [-0.39, 0.29) is 33.5 Å². The third-order valence-corrected chi connectivity index (χ3v) is 5.50. The van der Waals surface area contributed by atoms with Gasteiger partial charge < -0.3 is 19.7 Å². The second kappa shape index (κ2) is 10.9. The number of nitrogens with zero attached hydrogens (tertiary/aromatic N) is 3. The van der Waals surface area contributed by atoms with Crippen molar-refractivity contribution < 1.29 is 28.2 Å². The lowest BCUT2D eigenvalue weighted by molar-refractivity contribution is 0.0693. The Morgan fingerprint density at radius 1 is 1.27 bits per heavy atom. The maximum atomic E-state index is 14.2. The van der Waals surface area contributed by atoms with E-state index >= 15 is 0 Å². The molecule has 2 heterocycles. The van der Waals surface area contributed by atoms with Gasteiger partial charge >= 0.3 is 12.0 Å². The van der Waals surface area contributed by atoms with Crippen molar-refractivity contribution in [2.24, 2.45) is 5.92 Å². The van der Waals surface area contributed by atoms with E-state index in [1.807, 2.05) is 17.7 Å². The van der Waals surface area contributed by atoms with E-state index in [2.05, 4.69) is 20.0 Å². The smallest absolute Gasteiger partial charge is 0.344 e. The van der Waals surface area contributed by atoms with Crippen LogP contribution in [0.2, 0.25) is 0 Å². The Kier molecular flexibility index (Phi) is 7.93. The summed E-state index contributed by atoms with van der Waals surface area (Å²) in [6.45, 7) is 4.21. The van der Waals surface area contributed by atoms with Crippen molar-refractivity contribution in [3.05, 3.63) is 59.2 Å². The third-order valence-electron chi connectivity index (χ3n) is 4.76. The second-order valence-corrected chi connectivity index (χ2v) is 8.15.